The maximum atomic E-state index is 13.0. The first-order chi connectivity index (χ1) is 7.06. The summed E-state index contributed by atoms with van der Waals surface area (Å²) in [6, 6.07) is 4.11. The summed E-state index contributed by atoms with van der Waals surface area (Å²) in [5.74, 6) is -0.263. The lowest BCUT2D eigenvalue weighted by Crippen LogP contribution is -2.11. The van der Waals surface area contributed by atoms with Gasteiger partial charge in [0.1, 0.15) is 5.82 Å². The number of nitrogens with two attached hydrogens (primary N) is 1. The third-order valence-corrected chi connectivity index (χ3v) is 2.65. The Labute approximate surface area is 89.9 Å². The van der Waals surface area contributed by atoms with Crippen molar-refractivity contribution < 1.29 is 9.50 Å². The summed E-state index contributed by atoms with van der Waals surface area (Å²) in [5, 5.41) is 9.98. The van der Waals surface area contributed by atoms with E-state index in [1.807, 2.05) is 6.92 Å². The minimum absolute atomic E-state index is 0.0964. The highest BCUT2D eigenvalue weighted by molar-refractivity contribution is 5.48. The number of nitrogen functional groups attached to an aromatic ring is 1. The molecule has 0 bridgehead atoms. The molecule has 15 heavy (non-hydrogen) atoms. The van der Waals surface area contributed by atoms with Gasteiger partial charge in [-0.15, -0.1) is 0 Å². The Morgan fingerprint density at radius 1 is 1.47 bits per heavy atom. The number of hydrogen-bond acceptors (Lipinski definition) is 2. The van der Waals surface area contributed by atoms with Crippen LogP contribution in [0.5, 0.6) is 0 Å². The molecule has 0 saturated carbocycles. The first-order valence-electron chi connectivity index (χ1n) is 5.29. The van der Waals surface area contributed by atoms with E-state index < -0.39 is 6.10 Å². The molecule has 1 aromatic carbocycles. The van der Waals surface area contributed by atoms with Crippen LogP contribution in [0, 0.1) is 11.7 Å². The Balaban J connectivity index is 2.89. The van der Waals surface area contributed by atoms with E-state index >= 15 is 0 Å². The second-order valence-corrected chi connectivity index (χ2v) is 3.98. The molecule has 0 spiro atoms. The van der Waals surface area contributed by atoms with Crippen molar-refractivity contribution in [2.75, 3.05) is 5.73 Å². The van der Waals surface area contributed by atoms with Gasteiger partial charge in [-0.3, -0.25) is 0 Å². The number of aliphatic hydroxyl groups excluding tert-OH is 1. The summed E-state index contributed by atoms with van der Waals surface area (Å²) in [6.07, 6.45) is 1.21. The smallest absolute Gasteiger partial charge is 0.123 e. The van der Waals surface area contributed by atoms with Gasteiger partial charge in [0, 0.05) is 11.3 Å². The lowest BCUT2D eigenvalue weighted by molar-refractivity contribution is 0.112. The number of anilines is 1. The lowest BCUT2D eigenvalue weighted by atomic mass is 9.92. The van der Waals surface area contributed by atoms with Gasteiger partial charge in [0.15, 0.2) is 0 Å². The molecule has 0 amide bonds. The van der Waals surface area contributed by atoms with E-state index in [0.29, 0.717) is 11.3 Å². The Bertz CT molecular complexity index is 327. The normalized spacial score (nSPS) is 14.9. The first kappa shape index (κ1) is 12.0. The number of aliphatic hydroxyl groups is 1. The van der Waals surface area contributed by atoms with Gasteiger partial charge in [-0.25, -0.2) is 4.39 Å². The van der Waals surface area contributed by atoms with Crippen molar-refractivity contribution in [3.8, 4) is 0 Å². The molecular formula is C12H18FNO. The van der Waals surface area contributed by atoms with Gasteiger partial charge in [-0.05, 0) is 30.5 Å². The third kappa shape index (κ3) is 2.93. The zero-order chi connectivity index (χ0) is 11.4. The molecule has 0 aliphatic carbocycles. The molecule has 0 aliphatic rings. The molecule has 0 fully saturated rings. The van der Waals surface area contributed by atoms with Crippen LogP contribution in [0.1, 0.15) is 38.4 Å². The van der Waals surface area contributed by atoms with Crippen molar-refractivity contribution in [2.24, 2.45) is 5.92 Å². The van der Waals surface area contributed by atoms with E-state index in [0.717, 1.165) is 12.8 Å². The second kappa shape index (κ2) is 5.12. The molecule has 3 N–H and O–H groups in total. The molecule has 84 valence electrons. The van der Waals surface area contributed by atoms with Crippen molar-refractivity contribution in [1.82, 2.24) is 0 Å². The molecule has 0 saturated heterocycles. The van der Waals surface area contributed by atoms with Gasteiger partial charge in [0.25, 0.3) is 0 Å². The second-order valence-electron chi connectivity index (χ2n) is 3.98. The summed E-state index contributed by atoms with van der Waals surface area (Å²) in [4.78, 5) is 0. The maximum absolute atomic E-state index is 13.0. The minimum atomic E-state index is -0.680. The number of hydrogen-bond donors (Lipinski definition) is 2. The summed E-state index contributed by atoms with van der Waals surface area (Å²) >= 11 is 0. The quantitative estimate of drug-likeness (QED) is 0.752. The topological polar surface area (TPSA) is 46.2 Å². The standard InChI is InChI=1S/C12H18FNO/c1-3-4-8(2)12(15)10-7-9(13)5-6-11(10)14/h5-8,12,15H,3-4,14H2,1-2H3. The Hall–Kier alpha value is -1.09. The van der Waals surface area contributed by atoms with Gasteiger partial charge in [0.05, 0.1) is 6.10 Å². The van der Waals surface area contributed by atoms with Crippen LogP contribution in [0.3, 0.4) is 0 Å². The van der Waals surface area contributed by atoms with Crippen LogP contribution in [-0.2, 0) is 0 Å². The van der Waals surface area contributed by atoms with Crippen molar-refractivity contribution in [3.63, 3.8) is 0 Å². The zero-order valence-corrected chi connectivity index (χ0v) is 9.20. The van der Waals surface area contributed by atoms with Crippen LogP contribution in [-0.4, -0.2) is 5.11 Å². The summed E-state index contributed by atoms with van der Waals surface area (Å²) in [5.41, 5.74) is 6.64. The Morgan fingerprint density at radius 3 is 2.73 bits per heavy atom. The summed E-state index contributed by atoms with van der Waals surface area (Å²) in [7, 11) is 0. The summed E-state index contributed by atoms with van der Waals surface area (Å²) in [6.45, 7) is 4.00. The fraction of sp³-hybridized carbons (Fsp3) is 0.500. The number of rotatable bonds is 4. The van der Waals surface area contributed by atoms with Crippen molar-refractivity contribution in [2.45, 2.75) is 32.8 Å². The Morgan fingerprint density at radius 2 is 2.13 bits per heavy atom. The molecule has 2 nitrogen and oxygen atoms in total. The highest BCUT2D eigenvalue weighted by Crippen LogP contribution is 2.29. The molecule has 0 aromatic heterocycles. The molecule has 3 heteroatoms. The fourth-order valence-electron chi connectivity index (χ4n) is 1.72. The van der Waals surface area contributed by atoms with Gasteiger partial charge >= 0.3 is 0 Å². The minimum Gasteiger partial charge on any atom is -0.398 e. The number of halogens is 1. The van der Waals surface area contributed by atoms with Crippen LogP contribution < -0.4 is 5.73 Å². The van der Waals surface area contributed by atoms with E-state index in [9.17, 15) is 9.50 Å². The van der Waals surface area contributed by atoms with Crippen LogP contribution >= 0.6 is 0 Å². The van der Waals surface area contributed by atoms with Crippen LogP contribution in [0.15, 0.2) is 18.2 Å². The van der Waals surface area contributed by atoms with Crippen LogP contribution in [0.25, 0.3) is 0 Å². The van der Waals surface area contributed by atoms with E-state index in [1.54, 1.807) is 0 Å². The van der Waals surface area contributed by atoms with Crippen molar-refractivity contribution >= 4 is 5.69 Å². The van der Waals surface area contributed by atoms with E-state index in [2.05, 4.69) is 6.92 Å². The third-order valence-electron chi connectivity index (χ3n) is 2.65. The molecule has 1 aromatic rings. The van der Waals surface area contributed by atoms with Crippen molar-refractivity contribution in [1.29, 1.82) is 0 Å². The van der Waals surface area contributed by atoms with E-state index in [-0.39, 0.29) is 11.7 Å². The Kier molecular flexibility index (Phi) is 4.09. The average molecular weight is 211 g/mol. The maximum Gasteiger partial charge on any atom is 0.123 e. The van der Waals surface area contributed by atoms with Gasteiger partial charge < -0.3 is 10.8 Å². The molecule has 0 heterocycles. The zero-order valence-electron chi connectivity index (χ0n) is 9.20. The average Bonchev–Trinajstić information content (AvgIpc) is 2.21. The van der Waals surface area contributed by atoms with Gasteiger partial charge in [-0.2, -0.15) is 0 Å². The molecule has 0 aliphatic heterocycles. The van der Waals surface area contributed by atoms with Gasteiger partial charge in [-0.1, -0.05) is 20.3 Å². The van der Waals surface area contributed by atoms with E-state index in [4.69, 9.17) is 5.73 Å². The monoisotopic (exact) mass is 211 g/mol. The van der Waals surface area contributed by atoms with Gasteiger partial charge in [0.2, 0.25) is 0 Å². The SMILES string of the molecule is CCCC(C)C(O)c1cc(F)ccc1N. The predicted octanol–water partition coefficient (Wildman–Crippen LogP) is 2.88. The van der Waals surface area contributed by atoms with Crippen LogP contribution in [0.4, 0.5) is 10.1 Å². The highest BCUT2D eigenvalue weighted by Gasteiger charge is 2.18. The fourth-order valence-corrected chi connectivity index (χ4v) is 1.72. The predicted molar refractivity (Wildman–Crippen MR) is 59.8 cm³/mol. The largest absolute Gasteiger partial charge is 0.398 e. The molecule has 2 unspecified atom stereocenters. The molecule has 0 radical (unpaired) electrons. The molecule has 1 rings (SSSR count). The molecule has 2 atom stereocenters. The summed E-state index contributed by atoms with van der Waals surface area (Å²) < 4.78 is 13.0. The van der Waals surface area contributed by atoms with E-state index in [1.165, 1.54) is 18.2 Å². The molecular weight excluding hydrogens is 193 g/mol. The first-order valence-corrected chi connectivity index (χ1v) is 5.29. The van der Waals surface area contributed by atoms with Crippen LogP contribution in [0.2, 0.25) is 0 Å². The lowest BCUT2D eigenvalue weighted by Gasteiger charge is -2.20. The number of benzene rings is 1. The van der Waals surface area contributed by atoms with Crippen molar-refractivity contribution in [3.05, 3.63) is 29.6 Å². The highest BCUT2D eigenvalue weighted by atomic mass is 19.1.